The van der Waals surface area contributed by atoms with Crippen molar-refractivity contribution in [2.75, 3.05) is 0 Å². The lowest BCUT2D eigenvalue weighted by Crippen LogP contribution is -1.98. The lowest BCUT2D eigenvalue weighted by molar-refractivity contribution is -0.111. The van der Waals surface area contributed by atoms with E-state index in [1.807, 2.05) is 0 Å². The number of hydrogen-bond acceptors (Lipinski definition) is 3. The van der Waals surface area contributed by atoms with E-state index in [0.717, 1.165) is 5.57 Å². The van der Waals surface area contributed by atoms with Crippen LogP contribution in [-0.2, 0) is 9.59 Å². The van der Waals surface area contributed by atoms with Crippen molar-refractivity contribution in [3.8, 4) is 0 Å². The standard InChI is InChI=1S/C13H9NO2/c15-12-5-1-10(2-6-12)9-14-11-3-7-13(16)8-4-11/h1-9H. The first-order valence-electron chi connectivity index (χ1n) is 4.82. The van der Waals surface area contributed by atoms with Gasteiger partial charge >= 0.3 is 0 Å². The zero-order valence-electron chi connectivity index (χ0n) is 8.46. The minimum absolute atomic E-state index is 0.0205. The molecule has 16 heavy (non-hydrogen) atoms. The molecule has 3 nitrogen and oxygen atoms in total. The summed E-state index contributed by atoms with van der Waals surface area (Å²) in [5.74, 6) is -0.0532. The fourth-order valence-corrected chi connectivity index (χ4v) is 1.24. The second-order valence-electron chi connectivity index (χ2n) is 3.32. The van der Waals surface area contributed by atoms with E-state index >= 15 is 0 Å². The van der Waals surface area contributed by atoms with Crippen LogP contribution in [0.15, 0.2) is 65.4 Å². The monoisotopic (exact) mass is 211 g/mol. The molecule has 0 unspecified atom stereocenters. The Morgan fingerprint density at radius 3 is 1.81 bits per heavy atom. The van der Waals surface area contributed by atoms with Crippen LogP contribution < -0.4 is 0 Å². The van der Waals surface area contributed by atoms with Gasteiger partial charge in [-0.25, -0.2) is 0 Å². The molecule has 0 saturated heterocycles. The molecule has 0 aromatic rings. The van der Waals surface area contributed by atoms with Gasteiger partial charge in [0.15, 0.2) is 11.6 Å². The molecule has 2 aliphatic carbocycles. The molecule has 0 spiro atoms. The van der Waals surface area contributed by atoms with Gasteiger partial charge in [-0.2, -0.15) is 0 Å². The van der Waals surface area contributed by atoms with E-state index in [4.69, 9.17) is 0 Å². The summed E-state index contributed by atoms with van der Waals surface area (Å²) in [4.78, 5) is 25.9. The van der Waals surface area contributed by atoms with E-state index in [1.165, 1.54) is 24.3 Å². The van der Waals surface area contributed by atoms with E-state index in [9.17, 15) is 9.59 Å². The van der Waals surface area contributed by atoms with Gasteiger partial charge in [-0.05, 0) is 54.2 Å². The Hall–Kier alpha value is -2.29. The van der Waals surface area contributed by atoms with Crippen LogP contribution in [0.25, 0.3) is 0 Å². The van der Waals surface area contributed by atoms with Crippen molar-refractivity contribution >= 4 is 17.3 Å². The summed E-state index contributed by atoms with van der Waals surface area (Å²) in [7, 11) is 0. The summed E-state index contributed by atoms with van der Waals surface area (Å²) in [6, 6.07) is 0. The topological polar surface area (TPSA) is 46.5 Å². The van der Waals surface area contributed by atoms with Gasteiger partial charge < -0.3 is 0 Å². The third-order valence-corrected chi connectivity index (χ3v) is 2.08. The van der Waals surface area contributed by atoms with Gasteiger partial charge in [-0.1, -0.05) is 0 Å². The Morgan fingerprint density at radius 1 is 0.750 bits per heavy atom. The smallest absolute Gasteiger partial charge is 0.178 e. The zero-order valence-corrected chi connectivity index (χ0v) is 8.46. The van der Waals surface area contributed by atoms with Gasteiger partial charge in [-0.3, -0.25) is 14.6 Å². The normalized spacial score (nSPS) is 18.2. The lowest BCUT2D eigenvalue weighted by atomic mass is 10.1. The molecular formula is C13H9NO2. The van der Waals surface area contributed by atoms with Crippen molar-refractivity contribution in [2.24, 2.45) is 4.99 Å². The van der Waals surface area contributed by atoms with Crippen LogP contribution in [0, 0.1) is 0 Å². The van der Waals surface area contributed by atoms with Gasteiger partial charge in [0.1, 0.15) is 0 Å². The van der Waals surface area contributed by atoms with Crippen LogP contribution in [0.5, 0.6) is 0 Å². The van der Waals surface area contributed by atoms with Gasteiger partial charge in [-0.15, -0.1) is 0 Å². The maximum atomic E-state index is 10.9. The summed E-state index contributed by atoms with van der Waals surface area (Å²) in [6.45, 7) is 0. The van der Waals surface area contributed by atoms with Crippen molar-refractivity contribution < 1.29 is 9.59 Å². The van der Waals surface area contributed by atoms with E-state index in [1.54, 1.807) is 30.5 Å². The average molecular weight is 211 g/mol. The Kier molecular flexibility index (Phi) is 2.87. The van der Waals surface area contributed by atoms with Gasteiger partial charge in [0, 0.05) is 6.20 Å². The first-order valence-corrected chi connectivity index (χ1v) is 4.82. The second kappa shape index (κ2) is 4.49. The third-order valence-electron chi connectivity index (χ3n) is 2.08. The highest BCUT2D eigenvalue weighted by atomic mass is 16.1. The van der Waals surface area contributed by atoms with Crippen LogP contribution in [0.4, 0.5) is 0 Å². The van der Waals surface area contributed by atoms with Crippen molar-refractivity contribution in [3.05, 3.63) is 60.4 Å². The summed E-state index contributed by atoms with van der Waals surface area (Å²) < 4.78 is 0. The molecule has 2 rings (SSSR count). The average Bonchev–Trinajstić information content (AvgIpc) is 2.30. The molecule has 0 radical (unpaired) electrons. The molecule has 0 N–H and O–H groups in total. The van der Waals surface area contributed by atoms with Gasteiger partial charge in [0.25, 0.3) is 0 Å². The van der Waals surface area contributed by atoms with E-state index < -0.39 is 0 Å². The Morgan fingerprint density at radius 2 is 1.25 bits per heavy atom. The third kappa shape index (κ3) is 2.60. The van der Waals surface area contributed by atoms with Gasteiger partial charge in [0.2, 0.25) is 0 Å². The molecule has 0 aromatic heterocycles. The Labute approximate surface area is 92.9 Å². The molecule has 0 bridgehead atoms. The summed E-state index contributed by atoms with van der Waals surface area (Å²) in [6.07, 6.45) is 14.3. The Balaban J connectivity index is 2.12. The highest BCUT2D eigenvalue weighted by molar-refractivity contribution is 6.16. The van der Waals surface area contributed by atoms with E-state index in [2.05, 4.69) is 4.99 Å². The molecule has 0 heterocycles. The summed E-state index contributed by atoms with van der Waals surface area (Å²) >= 11 is 0. The van der Waals surface area contributed by atoms with E-state index in [0.29, 0.717) is 5.71 Å². The number of allylic oxidation sites excluding steroid dienone is 9. The van der Waals surface area contributed by atoms with Gasteiger partial charge in [0.05, 0.1) is 5.71 Å². The van der Waals surface area contributed by atoms with Crippen molar-refractivity contribution in [1.29, 1.82) is 0 Å². The molecular weight excluding hydrogens is 202 g/mol. The Bertz CT molecular complexity index is 430. The first-order chi connectivity index (χ1) is 7.74. The molecule has 0 amide bonds. The summed E-state index contributed by atoms with van der Waals surface area (Å²) in [5.41, 5.74) is 1.57. The number of carbonyl (C=O) groups excluding carboxylic acids is 2. The zero-order chi connectivity index (χ0) is 11.4. The molecule has 0 aromatic carbocycles. The molecule has 0 saturated carbocycles. The van der Waals surface area contributed by atoms with Crippen molar-refractivity contribution in [1.82, 2.24) is 0 Å². The summed E-state index contributed by atoms with van der Waals surface area (Å²) in [5, 5.41) is 0. The second-order valence-corrected chi connectivity index (χ2v) is 3.32. The lowest BCUT2D eigenvalue weighted by Gasteiger charge is -1.98. The number of nitrogens with zero attached hydrogens (tertiary/aromatic N) is 1. The molecule has 78 valence electrons. The molecule has 3 heteroatoms. The molecule has 2 aliphatic rings. The quantitative estimate of drug-likeness (QED) is 0.620. The predicted octanol–water partition coefficient (Wildman–Crippen LogP) is 1.70. The van der Waals surface area contributed by atoms with Crippen LogP contribution in [0.1, 0.15) is 0 Å². The van der Waals surface area contributed by atoms with E-state index in [-0.39, 0.29) is 11.6 Å². The van der Waals surface area contributed by atoms with Crippen LogP contribution >= 0.6 is 0 Å². The fourth-order valence-electron chi connectivity index (χ4n) is 1.24. The van der Waals surface area contributed by atoms with Crippen molar-refractivity contribution in [2.45, 2.75) is 0 Å². The maximum absolute atomic E-state index is 10.9. The van der Waals surface area contributed by atoms with Crippen molar-refractivity contribution in [3.63, 3.8) is 0 Å². The highest BCUT2D eigenvalue weighted by Gasteiger charge is 1.99. The number of carbonyl (C=O) groups is 2. The maximum Gasteiger partial charge on any atom is 0.178 e. The van der Waals surface area contributed by atoms with Crippen LogP contribution in [0.3, 0.4) is 0 Å². The number of aliphatic imine (C=N–C) groups is 1. The number of ketones is 2. The van der Waals surface area contributed by atoms with Crippen LogP contribution in [0.2, 0.25) is 0 Å². The van der Waals surface area contributed by atoms with Crippen LogP contribution in [-0.4, -0.2) is 17.3 Å². The fraction of sp³-hybridized carbons (Fsp3) is 0. The predicted molar refractivity (Wildman–Crippen MR) is 62.1 cm³/mol. The molecule has 0 fully saturated rings. The largest absolute Gasteiger partial charge is 0.290 e. The molecule has 0 atom stereocenters. The molecule has 0 aliphatic heterocycles. The number of hydrogen-bond donors (Lipinski definition) is 0. The first kappa shape index (κ1) is 10.2. The SMILES string of the molecule is O=C1C=CC(=CN=C2C=CC(=O)C=C2)C=C1. The number of rotatable bonds is 1. The minimum atomic E-state index is -0.0327. The minimum Gasteiger partial charge on any atom is -0.290 e. The highest BCUT2D eigenvalue weighted by Crippen LogP contribution is 2.06.